The molecule has 5 nitrogen and oxygen atoms in total. The van der Waals surface area contributed by atoms with Crippen molar-refractivity contribution in [3.05, 3.63) is 0 Å². The van der Waals surface area contributed by atoms with Crippen LogP contribution in [0.1, 0.15) is 13.3 Å². The van der Waals surface area contributed by atoms with Crippen LogP contribution in [0.5, 0.6) is 0 Å². The molecule has 1 aliphatic heterocycles. The number of hydrogen-bond acceptors (Lipinski definition) is 7. The number of rotatable bonds is 3. The second kappa shape index (κ2) is 5.36. The summed E-state index contributed by atoms with van der Waals surface area (Å²) in [5, 5.41) is 8.68. The van der Waals surface area contributed by atoms with Crippen LogP contribution < -0.4 is 4.90 Å². The molecular weight excluding hydrogens is 278 g/mol. The molecule has 8 heteroatoms. The van der Waals surface area contributed by atoms with E-state index in [-0.39, 0.29) is 16.3 Å². The van der Waals surface area contributed by atoms with E-state index in [1.165, 1.54) is 41.8 Å². The lowest BCUT2D eigenvalue weighted by Gasteiger charge is -2.10. The highest BCUT2D eigenvalue weighted by Gasteiger charge is 2.33. The summed E-state index contributed by atoms with van der Waals surface area (Å²) in [6.07, 6.45) is 2.32. The molecule has 0 aromatic carbocycles. The van der Waals surface area contributed by atoms with Crippen molar-refractivity contribution in [3.63, 3.8) is 0 Å². The Morgan fingerprint density at radius 3 is 2.88 bits per heavy atom. The largest absolute Gasteiger partial charge is 0.288 e. The van der Waals surface area contributed by atoms with Crippen LogP contribution >= 0.6 is 34.9 Å². The zero-order chi connectivity index (χ0) is 12.4. The first kappa shape index (κ1) is 12.8. The number of carbonyl (C=O) groups is 2. The molecule has 1 atom stereocenters. The van der Waals surface area contributed by atoms with Gasteiger partial charge in [-0.1, -0.05) is 34.9 Å². The minimum Gasteiger partial charge on any atom is -0.288 e. The Labute approximate surface area is 111 Å². The summed E-state index contributed by atoms with van der Waals surface area (Å²) in [7, 11) is 0. The van der Waals surface area contributed by atoms with Gasteiger partial charge < -0.3 is 0 Å². The summed E-state index contributed by atoms with van der Waals surface area (Å²) in [5.41, 5.74) is 0. The van der Waals surface area contributed by atoms with Gasteiger partial charge in [-0.2, -0.15) is 0 Å². The van der Waals surface area contributed by atoms with E-state index in [2.05, 4.69) is 10.2 Å². The third kappa shape index (κ3) is 2.99. The van der Waals surface area contributed by atoms with Gasteiger partial charge in [0.15, 0.2) is 9.45 Å². The Balaban J connectivity index is 2.07. The zero-order valence-electron chi connectivity index (χ0n) is 9.37. The van der Waals surface area contributed by atoms with E-state index in [4.69, 9.17) is 0 Å². The minimum absolute atomic E-state index is 0.0209. The quantitative estimate of drug-likeness (QED) is 0.623. The highest BCUT2D eigenvalue weighted by molar-refractivity contribution is 8.14. The predicted molar refractivity (Wildman–Crippen MR) is 70.7 cm³/mol. The molecule has 1 aromatic rings. The predicted octanol–water partition coefficient (Wildman–Crippen LogP) is 1.65. The van der Waals surface area contributed by atoms with E-state index in [0.29, 0.717) is 18.1 Å². The van der Waals surface area contributed by atoms with E-state index < -0.39 is 0 Å². The first-order valence-corrected chi connectivity index (χ1v) is 7.87. The lowest BCUT2D eigenvalue weighted by molar-refractivity contribution is -0.117. The number of carbonyl (C=O) groups excluding carboxylic acids is 2. The van der Waals surface area contributed by atoms with Crippen molar-refractivity contribution in [2.75, 3.05) is 17.7 Å². The fourth-order valence-electron chi connectivity index (χ4n) is 1.57. The number of thioether (sulfide) groups is 2. The van der Waals surface area contributed by atoms with Gasteiger partial charge in [0, 0.05) is 25.1 Å². The van der Waals surface area contributed by atoms with Gasteiger partial charge in [0.2, 0.25) is 11.0 Å². The standard InChI is InChI=1S/C9H11N3O2S3/c1-5(13)16-6-3-7(14)12(4-6)8-10-11-9(15-2)17-8/h6H,3-4H2,1-2H3. The van der Waals surface area contributed by atoms with E-state index in [1.54, 1.807) is 4.90 Å². The fraction of sp³-hybridized carbons (Fsp3) is 0.556. The Morgan fingerprint density at radius 2 is 2.29 bits per heavy atom. The van der Waals surface area contributed by atoms with Gasteiger partial charge in [-0.25, -0.2) is 0 Å². The maximum absolute atomic E-state index is 11.8. The summed E-state index contributed by atoms with van der Waals surface area (Å²) in [4.78, 5) is 24.4. The molecule has 0 radical (unpaired) electrons. The van der Waals surface area contributed by atoms with Crippen LogP contribution in [0.15, 0.2) is 4.34 Å². The molecule has 1 amide bonds. The topological polar surface area (TPSA) is 63.2 Å². The molecule has 1 unspecified atom stereocenters. The summed E-state index contributed by atoms with van der Waals surface area (Å²) in [6.45, 7) is 2.07. The summed E-state index contributed by atoms with van der Waals surface area (Å²) in [5.74, 6) is 0.0209. The molecule has 17 heavy (non-hydrogen) atoms. The fourth-order valence-corrected chi connectivity index (χ4v) is 3.77. The number of hydrogen-bond donors (Lipinski definition) is 0. The second-order valence-electron chi connectivity index (χ2n) is 3.49. The third-order valence-corrected chi connectivity index (χ3v) is 5.13. The summed E-state index contributed by atoms with van der Waals surface area (Å²) < 4.78 is 0.843. The SMILES string of the molecule is CSc1nnc(N2CC(SC(C)=O)CC2=O)s1. The van der Waals surface area contributed by atoms with E-state index in [0.717, 1.165) is 4.34 Å². The monoisotopic (exact) mass is 289 g/mol. The van der Waals surface area contributed by atoms with E-state index in [1.807, 2.05) is 6.26 Å². The van der Waals surface area contributed by atoms with Crippen molar-refractivity contribution in [2.24, 2.45) is 0 Å². The molecule has 0 N–H and O–H groups in total. The molecule has 1 aromatic heterocycles. The highest BCUT2D eigenvalue weighted by Crippen LogP contribution is 2.32. The van der Waals surface area contributed by atoms with Crippen molar-refractivity contribution in [1.29, 1.82) is 0 Å². The number of amides is 1. The van der Waals surface area contributed by atoms with Crippen LogP contribution in [0.25, 0.3) is 0 Å². The van der Waals surface area contributed by atoms with Crippen molar-refractivity contribution in [1.82, 2.24) is 10.2 Å². The summed E-state index contributed by atoms with van der Waals surface area (Å²) >= 11 is 4.14. The maximum Gasteiger partial charge on any atom is 0.230 e. The first-order valence-electron chi connectivity index (χ1n) is 4.95. The van der Waals surface area contributed by atoms with Crippen molar-refractivity contribution in [2.45, 2.75) is 22.9 Å². The smallest absolute Gasteiger partial charge is 0.230 e. The Bertz CT molecular complexity index is 448. The average molecular weight is 289 g/mol. The van der Waals surface area contributed by atoms with Crippen molar-refractivity contribution in [3.8, 4) is 0 Å². The van der Waals surface area contributed by atoms with Gasteiger partial charge in [0.1, 0.15) is 0 Å². The number of aromatic nitrogens is 2. The van der Waals surface area contributed by atoms with E-state index in [9.17, 15) is 9.59 Å². The van der Waals surface area contributed by atoms with Gasteiger partial charge in [-0.3, -0.25) is 14.5 Å². The average Bonchev–Trinajstić information content (AvgIpc) is 2.83. The molecule has 92 valence electrons. The molecule has 1 fully saturated rings. The number of anilines is 1. The Hall–Kier alpha value is -0.600. The summed E-state index contributed by atoms with van der Waals surface area (Å²) in [6, 6.07) is 0. The lowest BCUT2D eigenvalue weighted by Crippen LogP contribution is -2.24. The minimum atomic E-state index is 0.0209. The normalized spacial score (nSPS) is 20.0. The molecule has 0 spiro atoms. The molecule has 0 saturated carbocycles. The van der Waals surface area contributed by atoms with Crippen LogP contribution in [-0.2, 0) is 9.59 Å². The van der Waals surface area contributed by atoms with Crippen molar-refractivity contribution >= 4 is 51.0 Å². The molecule has 0 aliphatic carbocycles. The van der Waals surface area contributed by atoms with Crippen LogP contribution in [-0.4, -0.2) is 39.3 Å². The van der Waals surface area contributed by atoms with Gasteiger partial charge in [-0.15, -0.1) is 10.2 Å². The number of nitrogens with zero attached hydrogens (tertiary/aromatic N) is 3. The molecule has 0 bridgehead atoms. The maximum atomic E-state index is 11.8. The Morgan fingerprint density at radius 1 is 1.53 bits per heavy atom. The van der Waals surface area contributed by atoms with Gasteiger partial charge >= 0.3 is 0 Å². The van der Waals surface area contributed by atoms with Crippen LogP contribution in [0, 0.1) is 0 Å². The molecule has 1 saturated heterocycles. The van der Waals surface area contributed by atoms with Gasteiger partial charge in [0.05, 0.1) is 0 Å². The third-order valence-electron chi connectivity index (χ3n) is 2.22. The van der Waals surface area contributed by atoms with Crippen LogP contribution in [0.3, 0.4) is 0 Å². The lowest BCUT2D eigenvalue weighted by atomic mass is 10.4. The van der Waals surface area contributed by atoms with Crippen molar-refractivity contribution < 1.29 is 9.59 Å². The molecule has 2 rings (SSSR count). The van der Waals surface area contributed by atoms with Crippen LogP contribution in [0.2, 0.25) is 0 Å². The zero-order valence-corrected chi connectivity index (χ0v) is 11.8. The first-order chi connectivity index (χ1) is 8.10. The van der Waals surface area contributed by atoms with Gasteiger partial charge in [0.25, 0.3) is 0 Å². The highest BCUT2D eigenvalue weighted by atomic mass is 32.2. The molecule has 1 aliphatic rings. The van der Waals surface area contributed by atoms with Crippen LogP contribution in [0.4, 0.5) is 5.13 Å². The van der Waals surface area contributed by atoms with E-state index >= 15 is 0 Å². The molecule has 2 heterocycles. The van der Waals surface area contributed by atoms with Gasteiger partial charge in [-0.05, 0) is 6.26 Å². The second-order valence-corrected chi connectivity index (χ2v) is 6.98. The Kier molecular flexibility index (Phi) is 4.05. The molecular formula is C9H11N3O2S3.